The highest BCUT2D eigenvalue weighted by atomic mass is 32.2. The fourth-order valence-corrected chi connectivity index (χ4v) is 4.55. The van der Waals surface area contributed by atoms with Crippen LogP contribution in [0.4, 0.5) is 5.69 Å². The van der Waals surface area contributed by atoms with Crippen LogP contribution in [0.1, 0.15) is 18.7 Å². The van der Waals surface area contributed by atoms with Gasteiger partial charge in [0.1, 0.15) is 12.6 Å². The van der Waals surface area contributed by atoms with Gasteiger partial charge in [-0.05, 0) is 31.2 Å². The molecule has 6 nitrogen and oxygen atoms in total. The number of aromatic nitrogens is 3. The predicted molar refractivity (Wildman–Crippen MR) is 117 cm³/mol. The van der Waals surface area contributed by atoms with Crippen LogP contribution in [-0.4, -0.2) is 47.3 Å². The number of thioether (sulfide) groups is 1. The molecule has 3 aromatic rings. The lowest BCUT2D eigenvalue weighted by Crippen LogP contribution is -2.82. The van der Waals surface area contributed by atoms with Crippen molar-refractivity contribution in [1.29, 1.82) is 0 Å². The van der Waals surface area contributed by atoms with E-state index in [0.717, 1.165) is 35.4 Å². The Balaban J connectivity index is 1.37. The summed E-state index contributed by atoms with van der Waals surface area (Å²) in [5, 5.41) is 12.1. The summed E-state index contributed by atoms with van der Waals surface area (Å²) < 4.78 is 8.46. The van der Waals surface area contributed by atoms with Crippen LogP contribution in [0.15, 0.2) is 59.8 Å². The maximum absolute atomic E-state index is 6.29. The lowest BCUT2D eigenvalue weighted by atomic mass is 10.2. The molecular formula is C22H28N5OS+. The number of rotatable bonds is 7. The Hall–Kier alpha value is -2.35. The SMILES string of the molecule is CCn1c(SC[C@H]2C[NH2+][C@H](c3ccc(N(C)C)cc3)O2)nnc1-c1ccccc1. The van der Waals surface area contributed by atoms with E-state index in [0.29, 0.717) is 0 Å². The smallest absolute Gasteiger partial charge is 0.217 e. The van der Waals surface area contributed by atoms with Gasteiger partial charge < -0.3 is 19.5 Å². The van der Waals surface area contributed by atoms with Gasteiger partial charge in [0.15, 0.2) is 11.0 Å². The lowest BCUT2D eigenvalue weighted by molar-refractivity contribution is -0.697. The molecule has 1 fully saturated rings. The van der Waals surface area contributed by atoms with Gasteiger partial charge in [0.2, 0.25) is 6.23 Å². The van der Waals surface area contributed by atoms with Crippen molar-refractivity contribution in [3.05, 3.63) is 60.2 Å². The van der Waals surface area contributed by atoms with Crippen LogP contribution >= 0.6 is 11.8 Å². The second-order valence-electron chi connectivity index (χ2n) is 7.36. The topological polar surface area (TPSA) is 59.8 Å². The van der Waals surface area contributed by atoms with E-state index in [4.69, 9.17) is 4.74 Å². The first-order valence-electron chi connectivity index (χ1n) is 10.0. The normalized spacial score (nSPS) is 18.9. The number of anilines is 1. The van der Waals surface area contributed by atoms with Crippen molar-refractivity contribution in [3.8, 4) is 11.4 Å². The van der Waals surface area contributed by atoms with Gasteiger partial charge in [-0.25, -0.2) is 0 Å². The van der Waals surface area contributed by atoms with E-state index >= 15 is 0 Å². The monoisotopic (exact) mass is 410 g/mol. The number of hydrogen-bond donors (Lipinski definition) is 1. The molecule has 0 aliphatic carbocycles. The van der Waals surface area contributed by atoms with Crippen molar-refractivity contribution in [3.63, 3.8) is 0 Å². The van der Waals surface area contributed by atoms with E-state index < -0.39 is 0 Å². The molecule has 0 spiro atoms. The van der Waals surface area contributed by atoms with Gasteiger partial charge in [-0.1, -0.05) is 42.1 Å². The minimum absolute atomic E-state index is 0.0701. The van der Waals surface area contributed by atoms with Crippen LogP contribution in [0, 0.1) is 0 Å². The molecule has 0 radical (unpaired) electrons. The van der Waals surface area contributed by atoms with E-state index in [2.05, 4.69) is 82.4 Å². The molecule has 4 rings (SSSR count). The van der Waals surface area contributed by atoms with Crippen LogP contribution in [0.25, 0.3) is 11.4 Å². The zero-order valence-electron chi connectivity index (χ0n) is 17.2. The molecule has 2 atom stereocenters. The van der Waals surface area contributed by atoms with E-state index in [1.165, 1.54) is 11.3 Å². The Morgan fingerprint density at radius 2 is 1.86 bits per heavy atom. The summed E-state index contributed by atoms with van der Waals surface area (Å²) in [6.45, 7) is 3.93. The van der Waals surface area contributed by atoms with Crippen molar-refractivity contribution in [2.75, 3.05) is 31.3 Å². The molecule has 2 N–H and O–H groups in total. The molecule has 1 aliphatic heterocycles. The van der Waals surface area contributed by atoms with Crippen molar-refractivity contribution in [2.45, 2.75) is 31.0 Å². The number of nitrogens with zero attached hydrogens (tertiary/aromatic N) is 4. The summed E-state index contributed by atoms with van der Waals surface area (Å²) >= 11 is 1.73. The lowest BCUT2D eigenvalue weighted by Gasteiger charge is -2.14. The maximum Gasteiger partial charge on any atom is 0.217 e. The zero-order valence-corrected chi connectivity index (χ0v) is 18.0. The first-order chi connectivity index (χ1) is 14.2. The van der Waals surface area contributed by atoms with Crippen LogP contribution in [0.2, 0.25) is 0 Å². The molecule has 7 heteroatoms. The van der Waals surface area contributed by atoms with E-state index in [1.54, 1.807) is 11.8 Å². The van der Waals surface area contributed by atoms with Crippen LogP contribution < -0.4 is 10.2 Å². The van der Waals surface area contributed by atoms with Gasteiger partial charge >= 0.3 is 0 Å². The molecule has 152 valence electrons. The van der Waals surface area contributed by atoms with E-state index in [1.807, 2.05) is 18.2 Å². The van der Waals surface area contributed by atoms with Crippen molar-refractivity contribution < 1.29 is 10.1 Å². The van der Waals surface area contributed by atoms with Gasteiger partial charge in [-0.3, -0.25) is 0 Å². The van der Waals surface area contributed by atoms with Crippen LogP contribution in [-0.2, 0) is 11.3 Å². The Kier molecular flexibility index (Phi) is 6.18. The molecule has 1 aromatic heterocycles. The van der Waals surface area contributed by atoms with Gasteiger partial charge in [-0.2, -0.15) is 0 Å². The van der Waals surface area contributed by atoms with Crippen molar-refractivity contribution >= 4 is 17.4 Å². The zero-order chi connectivity index (χ0) is 20.2. The van der Waals surface area contributed by atoms with Crippen molar-refractivity contribution in [1.82, 2.24) is 14.8 Å². The summed E-state index contributed by atoms with van der Waals surface area (Å²) in [6, 6.07) is 18.8. The number of ether oxygens (including phenoxy) is 1. The number of quaternary nitrogens is 1. The molecule has 0 unspecified atom stereocenters. The highest BCUT2D eigenvalue weighted by molar-refractivity contribution is 7.99. The van der Waals surface area contributed by atoms with Crippen molar-refractivity contribution in [2.24, 2.45) is 0 Å². The van der Waals surface area contributed by atoms with Gasteiger partial charge in [0.05, 0.1) is 0 Å². The summed E-state index contributed by atoms with van der Waals surface area (Å²) in [4.78, 5) is 2.11. The third kappa shape index (κ3) is 4.47. The minimum atomic E-state index is 0.0701. The second-order valence-corrected chi connectivity index (χ2v) is 8.35. The molecular weight excluding hydrogens is 382 g/mol. The number of benzene rings is 2. The second kappa shape index (κ2) is 8.98. The maximum atomic E-state index is 6.29. The first kappa shape index (κ1) is 19.9. The number of nitrogens with two attached hydrogens (primary N) is 1. The minimum Gasteiger partial charge on any atom is -0.378 e. The largest absolute Gasteiger partial charge is 0.378 e. The summed E-state index contributed by atoms with van der Waals surface area (Å²) in [5.74, 6) is 1.80. The first-order valence-corrected chi connectivity index (χ1v) is 11.0. The third-order valence-corrected chi connectivity index (χ3v) is 6.25. The molecule has 29 heavy (non-hydrogen) atoms. The molecule has 2 aromatic carbocycles. The fraction of sp³-hybridized carbons (Fsp3) is 0.364. The van der Waals surface area contributed by atoms with E-state index in [-0.39, 0.29) is 12.3 Å². The average molecular weight is 411 g/mol. The summed E-state index contributed by atoms with van der Waals surface area (Å²) in [5.41, 5.74) is 3.51. The molecule has 0 amide bonds. The van der Waals surface area contributed by atoms with Crippen LogP contribution in [0.5, 0.6) is 0 Å². The molecule has 0 bridgehead atoms. The van der Waals surface area contributed by atoms with Gasteiger partial charge in [-0.15, -0.1) is 10.2 Å². The Morgan fingerprint density at radius 1 is 1.10 bits per heavy atom. The Morgan fingerprint density at radius 3 is 2.55 bits per heavy atom. The third-order valence-electron chi connectivity index (χ3n) is 5.15. The van der Waals surface area contributed by atoms with Gasteiger partial charge in [0.25, 0.3) is 0 Å². The molecule has 1 saturated heterocycles. The average Bonchev–Trinajstić information content (AvgIpc) is 3.39. The predicted octanol–water partition coefficient (Wildman–Crippen LogP) is 2.78. The summed E-state index contributed by atoms with van der Waals surface area (Å²) in [6.07, 6.45) is 0.265. The van der Waals surface area contributed by atoms with Crippen LogP contribution in [0.3, 0.4) is 0 Å². The summed E-state index contributed by atoms with van der Waals surface area (Å²) in [7, 11) is 4.11. The Bertz CT molecular complexity index is 926. The number of hydrogen-bond acceptors (Lipinski definition) is 5. The quantitative estimate of drug-likeness (QED) is 0.607. The molecule has 0 saturated carbocycles. The molecule has 2 heterocycles. The van der Waals surface area contributed by atoms with Gasteiger partial charge in [0, 0.05) is 43.2 Å². The van der Waals surface area contributed by atoms with E-state index in [9.17, 15) is 0 Å². The highest BCUT2D eigenvalue weighted by Crippen LogP contribution is 2.26. The fourth-order valence-electron chi connectivity index (χ4n) is 3.53. The highest BCUT2D eigenvalue weighted by Gasteiger charge is 2.30. The molecule has 1 aliphatic rings. The standard InChI is InChI=1S/C22H27N5OS/c1-4-27-20(16-8-6-5-7-9-16)24-25-22(27)29-15-19-14-23-21(28-19)17-10-12-18(13-11-17)26(2)3/h5-13,19,21,23H,4,14-15H2,1-3H3/p+1/t19-,21+/m1/s1. The Labute approximate surface area is 176 Å².